The van der Waals surface area contributed by atoms with Crippen LogP contribution in [0.3, 0.4) is 0 Å². The molecule has 0 N–H and O–H groups in total. The minimum atomic E-state index is -0.147. The maximum Gasteiger partial charge on any atom is 1.00 e. The van der Waals surface area contributed by atoms with E-state index in [2.05, 4.69) is 4.99 Å². The Morgan fingerprint density at radius 3 is 2.41 bits per heavy atom. The van der Waals surface area contributed by atoms with Crippen LogP contribution in [-0.2, 0) is 0 Å². The number of aryl methyl sites for hydroxylation is 1. The standard InChI is InChI=1S/C24H24N2O3S2.K/c1-15-5-7-17(8-6-15)23-22(28)18(14-30-23)16(2)25-13-19(27)20-9-10-21(31-20)24(29)26-11-3-4-12-26;/h5-10,14,28H,3-4,11-13H2,1-2H3;/q;+1/p-1. The van der Waals surface area contributed by atoms with E-state index < -0.39 is 0 Å². The third-order valence-electron chi connectivity index (χ3n) is 5.39. The number of benzene rings is 1. The summed E-state index contributed by atoms with van der Waals surface area (Å²) < 4.78 is 0. The Morgan fingerprint density at radius 1 is 1.06 bits per heavy atom. The van der Waals surface area contributed by atoms with E-state index in [1.165, 1.54) is 22.7 Å². The molecule has 0 unspecified atom stereocenters. The largest absolute Gasteiger partial charge is 1.00 e. The number of likely N-dealkylation sites (tertiary alicyclic amines) is 1. The van der Waals surface area contributed by atoms with Crippen molar-refractivity contribution in [1.82, 2.24) is 4.90 Å². The van der Waals surface area contributed by atoms with Crippen LogP contribution in [0, 0.1) is 6.92 Å². The van der Waals surface area contributed by atoms with E-state index in [0.717, 1.165) is 37.1 Å². The first kappa shape index (κ1) is 25.5. The molecule has 0 radical (unpaired) electrons. The summed E-state index contributed by atoms with van der Waals surface area (Å²) in [6.45, 7) is 5.29. The third-order valence-corrected chi connectivity index (χ3v) is 7.52. The monoisotopic (exact) mass is 490 g/mol. The zero-order chi connectivity index (χ0) is 22.0. The fraction of sp³-hybridized carbons (Fsp3) is 0.292. The summed E-state index contributed by atoms with van der Waals surface area (Å²) in [7, 11) is 0. The molecule has 0 spiro atoms. The number of aliphatic imine (C=N–C) groups is 1. The van der Waals surface area contributed by atoms with Crippen molar-refractivity contribution in [2.75, 3.05) is 19.6 Å². The van der Waals surface area contributed by atoms with Crippen LogP contribution in [0.25, 0.3) is 10.4 Å². The average Bonchev–Trinajstić information content (AvgIpc) is 3.53. The number of carbonyl (C=O) groups excluding carboxylic acids is 2. The van der Waals surface area contributed by atoms with Crippen molar-refractivity contribution < 1.29 is 66.1 Å². The normalized spacial score (nSPS) is 13.8. The molecular formula is C24H23KN2O3S2. The number of ketones is 1. The Bertz CT molecular complexity index is 1140. The van der Waals surface area contributed by atoms with Gasteiger partial charge in [0.2, 0.25) is 0 Å². The number of carbonyl (C=O) groups is 2. The molecule has 3 heterocycles. The van der Waals surface area contributed by atoms with Gasteiger partial charge in [0.1, 0.15) is 6.54 Å². The van der Waals surface area contributed by atoms with Crippen LogP contribution in [0.2, 0.25) is 0 Å². The second kappa shape index (κ2) is 11.3. The number of amides is 1. The second-order valence-electron chi connectivity index (χ2n) is 7.66. The van der Waals surface area contributed by atoms with E-state index in [1.54, 1.807) is 24.4 Å². The minimum absolute atomic E-state index is 0. The second-order valence-corrected chi connectivity index (χ2v) is 9.63. The molecule has 0 atom stereocenters. The molecule has 1 aromatic carbocycles. The SMILES string of the molecule is CC(=NCC(=O)c1ccc(C(=O)N2CCCC2)s1)c1csc(-c2ccc(C)cc2)c1[O-].[K+]. The summed E-state index contributed by atoms with van der Waals surface area (Å²) in [5.41, 5.74) is 3.12. The molecule has 0 bridgehead atoms. The maximum atomic E-state index is 12.8. The van der Waals surface area contributed by atoms with Gasteiger partial charge in [0.05, 0.1) is 9.75 Å². The number of Topliss-reactive ketones (excluding diaryl/α,β-unsaturated/α-hetero) is 1. The zero-order valence-electron chi connectivity index (χ0n) is 18.5. The van der Waals surface area contributed by atoms with Crippen molar-refractivity contribution in [2.45, 2.75) is 26.7 Å². The Balaban J connectivity index is 0.00000289. The van der Waals surface area contributed by atoms with Crippen molar-refractivity contribution >= 4 is 40.1 Å². The summed E-state index contributed by atoms with van der Waals surface area (Å²) >= 11 is 2.61. The van der Waals surface area contributed by atoms with Gasteiger partial charge in [0.15, 0.2) is 5.78 Å². The molecule has 1 aliphatic rings. The molecule has 1 saturated heterocycles. The molecule has 1 fully saturated rings. The van der Waals surface area contributed by atoms with E-state index in [0.29, 0.717) is 25.9 Å². The number of hydrogen-bond donors (Lipinski definition) is 0. The van der Waals surface area contributed by atoms with Gasteiger partial charge in [-0.15, -0.1) is 22.7 Å². The summed E-state index contributed by atoms with van der Waals surface area (Å²) in [4.78, 5) is 33.1. The Kier molecular flexibility index (Phi) is 9.02. The first-order valence-corrected chi connectivity index (χ1v) is 11.9. The number of rotatable bonds is 6. The average molecular weight is 491 g/mol. The molecular weight excluding hydrogens is 468 g/mol. The minimum Gasteiger partial charge on any atom is -0.871 e. The molecule has 32 heavy (non-hydrogen) atoms. The van der Waals surface area contributed by atoms with Crippen LogP contribution in [0.4, 0.5) is 0 Å². The van der Waals surface area contributed by atoms with Crippen LogP contribution in [-0.4, -0.2) is 41.9 Å². The fourth-order valence-corrected chi connectivity index (χ4v) is 5.44. The molecule has 1 amide bonds. The van der Waals surface area contributed by atoms with E-state index >= 15 is 0 Å². The topological polar surface area (TPSA) is 72.8 Å². The van der Waals surface area contributed by atoms with Gasteiger partial charge in [0, 0.05) is 23.7 Å². The van der Waals surface area contributed by atoms with Crippen molar-refractivity contribution in [3.63, 3.8) is 0 Å². The van der Waals surface area contributed by atoms with Gasteiger partial charge in [-0.3, -0.25) is 14.6 Å². The molecule has 160 valence electrons. The van der Waals surface area contributed by atoms with Gasteiger partial charge in [-0.2, -0.15) is 0 Å². The van der Waals surface area contributed by atoms with Gasteiger partial charge in [0.25, 0.3) is 5.91 Å². The Labute approximate surface area is 238 Å². The van der Waals surface area contributed by atoms with Crippen LogP contribution in [0.15, 0.2) is 46.8 Å². The van der Waals surface area contributed by atoms with Gasteiger partial charge in [-0.1, -0.05) is 35.6 Å². The molecule has 5 nitrogen and oxygen atoms in total. The molecule has 0 saturated carbocycles. The fourth-order valence-electron chi connectivity index (χ4n) is 3.53. The summed E-state index contributed by atoms with van der Waals surface area (Å²) in [6, 6.07) is 11.3. The van der Waals surface area contributed by atoms with Crippen LogP contribution >= 0.6 is 22.7 Å². The molecule has 2 aromatic heterocycles. The van der Waals surface area contributed by atoms with Gasteiger partial charge in [-0.25, -0.2) is 0 Å². The smallest absolute Gasteiger partial charge is 0.871 e. The van der Waals surface area contributed by atoms with E-state index in [1.807, 2.05) is 36.1 Å². The van der Waals surface area contributed by atoms with Crippen LogP contribution in [0.1, 0.15) is 50.2 Å². The predicted molar refractivity (Wildman–Crippen MR) is 125 cm³/mol. The molecule has 4 rings (SSSR count). The number of hydrogen-bond acceptors (Lipinski definition) is 6. The van der Waals surface area contributed by atoms with Crippen LogP contribution < -0.4 is 56.5 Å². The van der Waals surface area contributed by atoms with Gasteiger partial charge >= 0.3 is 51.4 Å². The van der Waals surface area contributed by atoms with E-state index in [9.17, 15) is 14.7 Å². The van der Waals surface area contributed by atoms with Crippen LogP contribution in [0.5, 0.6) is 5.75 Å². The third kappa shape index (κ3) is 5.67. The summed E-state index contributed by atoms with van der Waals surface area (Å²) in [6.07, 6.45) is 2.07. The quantitative estimate of drug-likeness (QED) is 0.300. The molecule has 3 aromatic rings. The Hall–Kier alpha value is -1.13. The molecule has 8 heteroatoms. The first-order valence-electron chi connectivity index (χ1n) is 10.2. The zero-order valence-corrected chi connectivity index (χ0v) is 23.3. The van der Waals surface area contributed by atoms with Crippen molar-refractivity contribution in [1.29, 1.82) is 0 Å². The Morgan fingerprint density at radius 2 is 1.72 bits per heavy atom. The van der Waals surface area contributed by atoms with Crippen molar-refractivity contribution in [2.24, 2.45) is 4.99 Å². The first-order chi connectivity index (χ1) is 14.9. The maximum absolute atomic E-state index is 12.8. The molecule has 1 aliphatic heterocycles. The van der Waals surface area contributed by atoms with Crippen molar-refractivity contribution in [3.8, 4) is 16.2 Å². The summed E-state index contributed by atoms with van der Waals surface area (Å²) in [5, 5.41) is 14.6. The number of thiophene rings is 2. The molecule has 0 aliphatic carbocycles. The van der Waals surface area contributed by atoms with Crippen molar-refractivity contribution in [3.05, 3.63) is 62.7 Å². The number of nitrogens with zero attached hydrogens (tertiary/aromatic N) is 2. The van der Waals surface area contributed by atoms with E-state index in [-0.39, 0.29) is 75.4 Å². The van der Waals surface area contributed by atoms with E-state index in [4.69, 9.17) is 0 Å². The summed E-state index contributed by atoms with van der Waals surface area (Å²) in [5.74, 6) is -0.206. The predicted octanol–water partition coefficient (Wildman–Crippen LogP) is 1.79. The van der Waals surface area contributed by atoms with Gasteiger partial charge < -0.3 is 10.0 Å². The van der Waals surface area contributed by atoms with Gasteiger partial charge in [-0.05, 0) is 55.3 Å².